The number of nitrogens with zero attached hydrogens (tertiary/aromatic N) is 1. The summed E-state index contributed by atoms with van der Waals surface area (Å²) in [5.41, 5.74) is 4.35. The van der Waals surface area contributed by atoms with E-state index in [1.807, 2.05) is 13.0 Å². The van der Waals surface area contributed by atoms with E-state index in [-0.39, 0.29) is 17.7 Å². The van der Waals surface area contributed by atoms with E-state index >= 15 is 0 Å². The van der Waals surface area contributed by atoms with Crippen molar-refractivity contribution >= 4 is 28.3 Å². The van der Waals surface area contributed by atoms with Crippen molar-refractivity contribution < 1.29 is 14.7 Å². The van der Waals surface area contributed by atoms with Crippen LogP contribution in [-0.4, -0.2) is 22.0 Å². The van der Waals surface area contributed by atoms with Gasteiger partial charge in [0.25, 0.3) is 0 Å². The average molecular weight is 385 g/mol. The first-order chi connectivity index (χ1) is 12.8. The molecule has 0 spiro atoms. The maximum atomic E-state index is 12.9. The van der Waals surface area contributed by atoms with E-state index in [2.05, 4.69) is 36.3 Å². The summed E-state index contributed by atoms with van der Waals surface area (Å²) < 4.78 is 0. The molecular formula is C21H24N2O3S. The van der Waals surface area contributed by atoms with Crippen molar-refractivity contribution in [3.05, 3.63) is 34.2 Å². The molecule has 0 radical (unpaired) electrons. The van der Waals surface area contributed by atoms with E-state index in [9.17, 15) is 14.7 Å². The van der Waals surface area contributed by atoms with Crippen LogP contribution in [0.15, 0.2) is 18.2 Å². The minimum atomic E-state index is -0.839. The van der Waals surface area contributed by atoms with Crippen LogP contribution in [0, 0.1) is 44.4 Å². The number of hydrogen-bond donors (Lipinski definition) is 2. The Kier molecular flexibility index (Phi) is 4.54. The zero-order chi connectivity index (χ0) is 19.3. The minimum absolute atomic E-state index is 0.146. The van der Waals surface area contributed by atoms with E-state index in [0.29, 0.717) is 5.13 Å². The van der Waals surface area contributed by atoms with Gasteiger partial charge in [0.1, 0.15) is 0 Å². The predicted octanol–water partition coefficient (Wildman–Crippen LogP) is 4.42. The lowest BCUT2D eigenvalue weighted by Gasteiger charge is -2.26. The number of fused-ring (bicyclic) bond motifs is 2. The van der Waals surface area contributed by atoms with Crippen LogP contribution in [0.3, 0.4) is 0 Å². The second-order valence-electron chi connectivity index (χ2n) is 7.94. The van der Waals surface area contributed by atoms with Crippen molar-refractivity contribution in [3.8, 4) is 11.3 Å². The summed E-state index contributed by atoms with van der Waals surface area (Å²) in [5.74, 6) is -1.67. The van der Waals surface area contributed by atoms with Crippen molar-refractivity contribution in [1.82, 2.24) is 4.98 Å². The fourth-order valence-electron chi connectivity index (χ4n) is 4.82. The summed E-state index contributed by atoms with van der Waals surface area (Å²) in [4.78, 5) is 30.2. The monoisotopic (exact) mass is 384 g/mol. The van der Waals surface area contributed by atoms with Gasteiger partial charge in [0, 0.05) is 10.4 Å². The first kappa shape index (κ1) is 18.2. The van der Waals surface area contributed by atoms with Crippen LogP contribution in [0.4, 0.5) is 5.13 Å². The van der Waals surface area contributed by atoms with Crippen LogP contribution in [0.5, 0.6) is 0 Å². The van der Waals surface area contributed by atoms with Crippen LogP contribution < -0.4 is 5.32 Å². The number of carbonyl (C=O) groups is 2. The van der Waals surface area contributed by atoms with Gasteiger partial charge in [-0.05, 0) is 69.1 Å². The summed E-state index contributed by atoms with van der Waals surface area (Å²) in [6.45, 7) is 6.15. The zero-order valence-electron chi connectivity index (χ0n) is 15.8. The molecule has 4 rings (SSSR count). The number of nitrogens with one attached hydrogen (secondary N) is 1. The maximum absolute atomic E-state index is 12.9. The normalized spacial score (nSPS) is 26.3. The lowest BCUT2D eigenvalue weighted by molar-refractivity contribution is -0.148. The van der Waals surface area contributed by atoms with Gasteiger partial charge >= 0.3 is 5.97 Å². The van der Waals surface area contributed by atoms with Gasteiger partial charge in [-0.3, -0.25) is 9.59 Å². The average Bonchev–Trinajstić information content (AvgIpc) is 3.31. The number of anilines is 1. The number of hydrogen-bond acceptors (Lipinski definition) is 4. The molecule has 2 saturated carbocycles. The first-order valence-corrected chi connectivity index (χ1v) is 10.3. The van der Waals surface area contributed by atoms with Gasteiger partial charge in [0.2, 0.25) is 5.91 Å². The molecule has 0 unspecified atom stereocenters. The smallest absolute Gasteiger partial charge is 0.307 e. The number of aryl methyl sites for hydroxylation is 3. The van der Waals surface area contributed by atoms with Crippen LogP contribution in [0.1, 0.15) is 35.3 Å². The highest BCUT2D eigenvalue weighted by Crippen LogP contribution is 2.52. The topological polar surface area (TPSA) is 79.3 Å². The number of amides is 1. The Morgan fingerprint density at radius 2 is 1.81 bits per heavy atom. The molecule has 1 heterocycles. The van der Waals surface area contributed by atoms with Gasteiger partial charge < -0.3 is 10.4 Å². The number of carbonyl (C=O) groups excluding carboxylic acids is 1. The lowest BCUT2D eigenvalue weighted by Crippen LogP contribution is -2.37. The molecule has 4 atom stereocenters. The largest absolute Gasteiger partial charge is 0.481 e. The molecule has 1 aromatic carbocycles. The number of aromatic nitrogens is 1. The summed E-state index contributed by atoms with van der Waals surface area (Å²) in [5, 5.41) is 13.0. The van der Waals surface area contributed by atoms with E-state index in [1.165, 1.54) is 22.5 Å². The maximum Gasteiger partial charge on any atom is 0.307 e. The summed E-state index contributed by atoms with van der Waals surface area (Å²) in [7, 11) is 0. The van der Waals surface area contributed by atoms with Gasteiger partial charge in [0.15, 0.2) is 5.13 Å². The molecule has 2 aliphatic carbocycles. The molecule has 2 bridgehead atoms. The van der Waals surface area contributed by atoms with Gasteiger partial charge in [-0.15, -0.1) is 11.3 Å². The van der Waals surface area contributed by atoms with Crippen LogP contribution in [-0.2, 0) is 9.59 Å². The number of aliphatic carboxylic acids is 1. The van der Waals surface area contributed by atoms with Crippen molar-refractivity contribution in [3.63, 3.8) is 0 Å². The van der Waals surface area contributed by atoms with E-state index in [4.69, 9.17) is 0 Å². The molecule has 0 aliphatic heterocycles. The van der Waals surface area contributed by atoms with Gasteiger partial charge in [-0.2, -0.15) is 0 Å². The van der Waals surface area contributed by atoms with E-state index < -0.39 is 17.8 Å². The number of benzene rings is 1. The van der Waals surface area contributed by atoms with Crippen LogP contribution in [0.2, 0.25) is 0 Å². The fraction of sp³-hybridized carbons (Fsp3) is 0.476. The second-order valence-corrected chi connectivity index (χ2v) is 9.14. The molecule has 0 saturated heterocycles. The minimum Gasteiger partial charge on any atom is -0.481 e. The molecule has 142 valence electrons. The molecule has 27 heavy (non-hydrogen) atoms. The molecule has 2 aromatic rings. The number of carboxylic acid groups (broad SMARTS) is 1. The molecule has 6 heteroatoms. The first-order valence-electron chi connectivity index (χ1n) is 9.44. The summed E-state index contributed by atoms with van der Waals surface area (Å²) in [6.07, 6.45) is 2.75. The second kappa shape index (κ2) is 6.75. The standard InChI is InChI=1S/C21H24N2O3S/c1-10-4-5-15(8-11(10)2)18-12(3)27-21(22-18)23-19(24)16-13-6-7-14(9-13)17(16)20(25)26/h4-5,8,13-14,16-17H,6-7,9H2,1-3H3,(H,25,26)(H,22,23,24)/t13-,14-,16-,17-/m0/s1. The summed E-state index contributed by atoms with van der Waals surface area (Å²) in [6, 6.07) is 6.24. The highest BCUT2D eigenvalue weighted by molar-refractivity contribution is 7.16. The Balaban J connectivity index is 1.56. The molecule has 1 amide bonds. The van der Waals surface area contributed by atoms with Crippen LogP contribution >= 0.6 is 11.3 Å². The third-order valence-electron chi connectivity index (χ3n) is 6.31. The molecule has 2 N–H and O–H groups in total. The zero-order valence-corrected chi connectivity index (χ0v) is 16.6. The van der Waals surface area contributed by atoms with Crippen molar-refractivity contribution in [2.75, 3.05) is 5.32 Å². The third-order valence-corrected chi connectivity index (χ3v) is 7.20. The van der Waals surface area contributed by atoms with Crippen molar-refractivity contribution in [2.24, 2.45) is 23.7 Å². The van der Waals surface area contributed by atoms with Crippen molar-refractivity contribution in [1.29, 1.82) is 0 Å². The lowest BCUT2D eigenvalue weighted by atomic mass is 9.79. The molecular weight excluding hydrogens is 360 g/mol. The number of thiazole rings is 1. The number of carboxylic acids is 1. The van der Waals surface area contributed by atoms with Gasteiger partial charge in [0.05, 0.1) is 17.5 Å². The Morgan fingerprint density at radius 1 is 1.11 bits per heavy atom. The Morgan fingerprint density at radius 3 is 2.48 bits per heavy atom. The van der Waals surface area contributed by atoms with Crippen LogP contribution in [0.25, 0.3) is 11.3 Å². The van der Waals surface area contributed by atoms with E-state index in [1.54, 1.807) is 0 Å². The quantitative estimate of drug-likeness (QED) is 0.818. The Hall–Kier alpha value is -2.21. The molecule has 1 aromatic heterocycles. The Labute approximate surface area is 162 Å². The van der Waals surface area contributed by atoms with Gasteiger partial charge in [-0.1, -0.05) is 12.1 Å². The number of rotatable bonds is 4. The SMILES string of the molecule is Cc1ccc(-c2nc(NC(=O)[C@H]3[C@H]4CC[C@@H](C4)[C@@H]3C(=O)O)sc2C)cc1C. The molecule has 2 aliphatic rings. The molecule has 2 fully saturated rings. The Bertz CT molecular complexity index is 920. The van der Waals surface area contributed by atoms with Gasteiger partial charge in [-0.25, -0.2) is 4.98 Å². The third kappa shape index (κ3) is 3.16. The highest BCUT2D eigenvalue weighted by atomic mass is 32.1. The highest BCUT2D eigenvalue weighted by Gasteiger charge is 2.54. The predicted molar refractivity (Wildman–Crippen MR) is 106 cm³/mol. The fourth-order valence-corrected chi connectivity index (χ4v) is 5.66. The summed E-state index contributed by atoms with van der Waals surface area (Å²) >= 11 is 1.45. The van der Waals surface area contributed by atoms with Crippen molar-refractivity contribution in [2.45, 2.75) is 40.0 Å². The molecule has 5 nitrogen and oxygen atoms in total. The van der Waals surface area contributed by atoms with E-state index in [0.717, 1.165) is 35.4 Å².